The second-order valence-corrected chi connectivity index (χ2v) is 6.84. The molecule has 0 aliphatic carbocycles. The van der Waals surface area contributed by atoms with E-state index in [0.717, 1.165) is 21.3 Å². The summed E-state index contributed by atoms with van der Waals surface area (Å²) in [5.74, 6) is 0.667. The Morgan fingerprint density at radius 3 is 2.71 bits per heavy atom. The molecule has 1 aromatic carbocycles. The van der Waals surface area contributed by atoms with Gasteiger partial charge in [-0.2, -0.15) is 0 Å². The third-order valence-corrected chi connectivity index (χ3v) is 4.60. The lowest BCUT2D eigenvalue weighted by molar-refractivity contribution is 0.0924. The van der Waals surface area contributed by atoms with Crippen LogP contribution in [-0.4, -0.2) is 28.6 Å². The van der Waals surface area contributed by atoms with E-state index in [4.69, 9.17) is 5.11 Å². The lowest BCUT2D eigenvalue weighted by Gasteiger charge is -2.07. The molecule has 6 heteroatoms. The van der Waals surface area contributed by atoms with Crippen molar-refractivity contribution in [3.05, 3.63) is 45.9 Å². The molecule has 2 N–H and O–H groups in total. The Bertz CT molecular complexity index is 594. The Morgan fingerprint density at radius 1 is 1.43 bits per heavy atom. The molecular weight excluding hydrogens is 304 g/mol. The Labute approximate surface area is 132 Å². The first-order valence-electron chi connectivity index (χ1n) is 6.64. The van der Waals surface area contributed by atoms with Crippen LogP contribution in [0.2, 0.25) is 0 Å². The number of hydrogen-bond donors (Lipinski definition) is 2. The molecule has 0 spiro atoms. The number of amides is 1. The number of aromatic nitrogens is 1. The third kappa shape index (κ3) is 5.15. The van der Waals surface area contributed by atoms with Crippen LogP contribution in [0.1, 0.15) is 28.0 Å². The number of aliphatic hydroxyl groups is 1. The summed E-state index contributed by atoms with van der Waals surface area (Å²) >= 11 is 3.35. The highest BCUT2D eigenvalue weighted by molar-refractivity contribution is 7.98. The van der Waals surface area contributed by atoms with Gasteiger partial charge in [0.1, 0.15) is 0 Å². The van der Waals surface area contributed by atoms with Gasteiger partial charge in [-0.15, -0.1) is 23.1 Å². The molecule has 1 amide bonds. The van der Waals surface area contributed by atoms with E-state index in [1.807, 2.05) is 19.1 Å². The fourth-order valence-electron chi connectivity index (χ4n) is 1.68. The van der Waals surface area contributed by atoms with Crippen LogP contribution in [0.15, 0.2) is 34.5 Å². The fourth-order valence-corrected chi connectivity index (χ4v) is 3.19. The molecule has 1 heterocycles. The number of carbonyl (C=O) groups is 1. The topological polar surface area (TPSA) is 62.2 Å². The van der Waals surface area contributed by atoms with Crippen molar-refractivity contribution in [2.24, 2.45) is 0 Å². The van der Waals surface area contributed by atoms with Gasteiger partial charge >= 0.3 is 0 Å². The zero-order valence-corrected chi connectivity index (χ0v) is 13.6. The number of carbonyl (C=O) groups excluding carboxylic acids is 1. The smallest absolute Gasteiger partial charge is 0.251 e. The summed E-state index contributed by atoms with van der Waals surface area (Å²) in [6.45, 7) is 3.90. The van der Waals surface area contributed by atoms with Crippen molar-refractivity contribution in [2.75, 3.05) is 6.54 Å². The lowest BCUT2D eigenvalue weighted by Crippen LogP contribution is -2.30. The van der Waals surface area contributed by atoms with Gasteiger partial charge < -0.3 is 10.4 Å². The largest absolute Gasteiger partial charge is 0.392 e. The van der Waals surface area contributed by atoms with Crippen LogP contribution in [0.4, 0.5) is 0 Å². The summed E-state index contributed by atoms with van der Waals surface area (Å²) in [4.78, 5) is 17.3. The maximum absolute atomic E-state index is 11.8. The number of thioether (sulfide) groups is 1. The fraction of sp³-hybridized carbons (Fsp3) is 0.333. The van der Waals surface area contributed by atoms with Gasteiger partial charge in [-0.1, -0.05) is 0 Å². The highest BCUT2D eigenvalue weighted by Crippen LogP contribution is 2.23. The van der Waals surface area contributed by atoms with Crippen LogP contribution in [-0.2, 0) is 5.75 Å². The molecule has 21 heavy (non-hydrogen) atoms. The Morgan fingerprint density at radius 2 is 2.14 bits per heavy atom. The van der Waals surface area contributed by atoms with Crippen LogP contribution in [0.5, 0.6) is 0 Å². The lowest BCUT2D eigenvalue weighted by atomic mass is 10.2. The molecule has 0 aliphatic rings. The summed E-state index contributed by atoms with van der Waals surface area (Å²) in [7, 11) is 0. The van der Waals surface area contributed by atoms with E-state index >= 15 is 0 Å². The summed E-state index contributed by atoms with van der Waals surface area (Å²) in [6, 6.07) is 7.46. The maximum Gasteiger partial charge on any atom is 0.251 e. The van der Waals surface area contributed by atoms with Crippen molar-refractivity contribution >= 4 is 29.0 Å². The van der Waals surface area contributed by atoms with Gasteiger partial charge in [0.25, 0.3) is 5.91 Å². The van der Waals surface area contributed by atoms with Crippen LogP contribution in [0.3, 0.4) is 0 Å². The Hall–Kier alpha value is -1.37. The second kappa shape index (κ2) is 7.59. The average Bonchev–Trinajstić information content (AvgIpc) is 2.89. The SMILES string of the molecule is Cc1nc(CSc2ccc(C(=O)NCC(C)O)cc2)cs1. The number of hydrogen-bond acceptors (Lipinski definition) is 5. The quantitative estimate of drug-likeness (QED) is 0.803. The van der Waals surface area contributed by atoms with Gasteiger partial charge in [-0.3, -0.25) is 4.79 Å². The van der Waals surface area contributed by atoms with E-state index in [2.05, 4.69) is 15.7 Å². The number of aryl methyl sites for hydroxylation is 1. The number of nitrogens with one attached hydrogen (secondary N) is 1. The van der Waals surface area contributed by atoms with Gasteiger partial charge in [-0.05, 0) is 38.1 Å². The third-order valence-electron chi connectivity index (χ3n) is 2.73. The van der Waals surface area contributed by atoms with Crippen LogP contribution in [0, 0.1) is 6.92 Å². The average molecular weight is 322 g/mol. The first kappa shape index (κ1) is 16.0. The van der Waals surface area contributed by atoms with Gasteiger partial charge in [-0.25, -0.2) is 4.98 Å². The minimum atomic E-state index is -0.537. The molecule has 0 aliphatic heterocycles. The Balaban J connectivity index is 1.88. The molecular formula is C15H18N2O2S2. The van der Waals surface area contributed by atoms with Crippen LogP contribution < -0.4 is 5.32 Å². The van der Waals surface area contributed by atoms with Gasteiger partial charge in [0.05, 0.1) is 16.8 Å². The number of benzene rings is 1. The Kier molecular flexibility index (Phi) is 5.78. The summed E-state index contributed by atoms with van der Waals surface area (Å²) in [6.07, 6.45) is -0.537. The molecule has 0 saturated heterocycles. The molecule has 4 nitrogen and oxygen atoms in total. The van der Waals surface area contributed by atoms with E-state index in [0.29, 0.717) is 5.56 Å². The minimum Gasteiger partial charge on any atom is -0.392 e. The molecule has 1 aromatic heterocycles. The normalized spacial score (nSPS) is 12.1. The van der Waals surface area contributed by atoms with E-state index in [9.17, 15) is 4.79 Å². The van der Waals surface area contributed by atoms with Gasteiger partial charge in [0, 0.05) is 28.1 Å². The molecule has 0 bridgehead atoms. The zero-order chi connectivity index (χ0) is 15.2. The van der Waals surface area contributed by atoms with Crippen LogP contribution in [0.25, 0.3) is 0 Å². The second-order valence-electron chi connectivity index (χ2n) is 4.73. The van der Waals surface area contributed by atoms with Crippen molar-refractivity contribution in [3.63, 3.8) is 0 Å². The highest BCUT2D eigenvalue weighted by Gasteiger charge is 2.07. The molecule has 2 rings (SSSR count). The number of nitrogens with zero attached hydrogens (tertiary/aromatic N) is 1. The molecule has 0 saturated carbocycles. The zero-order valence-electron chi connectivity index (χ0n) is 12.0. The first-order valence-corrected chi connectivity index (χ1v) is 8.51. The number of thiazole rings is 1. The molecule has 1 atom stereocenters. The van der Waals surface area contributed by atoms with Crippen molar-refractivity contribution in [1.29, 1.82) is 0 Å². The standard InChI is InChI=1S/C15H18N2O2S2/c1-10(18)7-16-15(19)12-3-5-14(6-4-12)21-9-13-8-20-11(2)17-13/h3-6,8,10,18H,7,9H2,1-2H3,(H,16,19). The number of rotatable bonds is 6. The molecule has 0 fully saturated rings. The summed E-state index contributed by atoms with van der Waals surface area (Å²) < 4.78 is 0. The van der Waals surface area contributed by atoms with Crippen molar-refractivity contribution in [2.45, 2.75) is 30.6 Å². The van der Waals surface area contributed by atoms with E-state index in [1.54, 1.807) is 42.2 Å². The number of aliphatic hydroxyl groups excluding tert-OH is 1. The highest BCUT2D eigenvalue weighted by atomic mass is 32.2. The molecule has 0 radical (unpaired) electrons. The molecule has 1 unspecified atom stereocenters. The summed E-state index contributed by atoms with van der Waals surface area (Å²) in [5.41, 5.74) is 1.69. The van der Waals surface area contributed by atoms with E-state index < -0.39 is 6.10 Å². The monoisotopic (exact) mass is 322 g/mol. The predicted molar refractivity (Wildman–Crippen MR) is 86.9 cm³/mol. The first-order chi connectivity index (χ1) is 10.0. The van der Waals surface area contributed by atoms with E-state index in [1.165, 1.54) is 0 Å². The summed E-state index contributed by atoms with van der Waals surface area (Å²) in [5, 5.41) is 15.0. The van der Waals surface area contributed by atoms with Crippen molar-refractivity contribution < 1.29 is 9.90 Å². The van der Waals surface area contributed by atoms with Gasteiger partial charge in [0.15, 0.2) is 0 Å². The van der Waals surface area contributed by atoms with Crippen LogP contribution >= 0.6 is 23.1 Å². The predicted octanol–water partition coefficient (Wildman–Crippen LogP) is 2.85. The minimum absolute atomic E-state index is 0.164. The maximum atomic E-state index is 11.8. The van der Waals surface area contributed by atoms with Crippen molar-refractivity contribution in [1.82, 2.24) is 10.3 Å². The molecule has 2 aromatic rings. The van der Waals surface area contributed by atoms with Crippen molar-refractivity contribution in [3.8, 4) is 0 Å². The van der Waals surface area contributed by atoms with Gasteiger partial charge in [0.2, 0.25) is 0 Å². The van der Waals surface area contributed by atoms with E-state index in [-0.39, 0.29) is 12.5 Å². The molecule has 112 valence electrons.